The minimum absolute atomic E-state index is 0.0531. The molecule has 1 aromatic carbocycles. The number of likely N-dealkylation sites (tertiary alicyclic amines) is 1. The molecule has 2 aromatic heterocycles. The summed E-state index contributed by atoms with van der Waals surface area (Å²) in [6.45, 7) is 6.54. The maximum atomic E-state index is 12.7. The molecule has 30 heavy (non-hydrogen) atoms. The van der Waals surface area contributed by atoms with Gasteiger partial charge in [-0.25, -0.2) is 0 Å². The Morgan fingerprint density at radius 2 is 2.07 bits per heavy atom. The number of nitrogens with zero attached hydrogens (tertiary/aromatic N) is 3. The van der Waals surface area contributed by atoms with Crippen molar-refractivity contribution in [2.45, 2.75) is 19.5 Å². The van der Waals surface area contributed by atoms with Gasteiger partial charge in [0.1, 0.15) is 6.54 Å². The summed E-state index contributed by atoms with van der Waals surface area (Å²) in [5.41, 5.74) is 3.26. The molecular formula is C22H20Cl2N4O2. The Balaban J connectivity index is 1.63. The minimum atomic E-state index is -0.126. The van der Waals surface area contributed by atoms with E-state index in [2.05, 4.69) is 16.9 Å². The van der Waals surface area contributed by atoms with Gasteiger partial charge in [0.25, 0.3) is 0 Å². The van der Waals surface area contributed by atoms with E-state index in [9.17, 15) is 9.59 Å². The summed E-state index contributed by atoms with van der Waals surface area (Å²) < 4.78 is 1.94. The van der Waals surface area contributed by atoms with Gasteiger partial charge in [0.05, 0.1) is 16.8 Å². The number of hydrogen-bond acceptors (Lipinski definition) is 3. The average molecular weight is 443 g/mol. The predicted molar refractivity (Wildman–Crippen MR) is 119 cm³/mol. The molecule has 2 amide bonds. The summed E-state index contributed by atoms with van der Waals surface area (Å²) in [7, 11) is 0. The lowest BCUT2D eigenvalue weighted by atomic mass is 10.1. The highest BCUT2D eigenvalue weighted by Gasteiger charge is 2.30. The number of fused-ring (bicyclic) bond motifs is 1. The molecule has 0 saturated carbocycles. The van der Waals surface area contributed by atoms with Gasteiger partial charge in [-0.1, -0.05) is 29.8 Å². The molecule has 1 saturated heterocycles. The summed E-state index contributed by atoms with van der Waals surface area (Å²) in [5.74, 6) is -0.249. The molecule has 1 aliphatic rings. The molecule has 154 valence electrons. The molecule has 1 N–H and O–H groups in total. The lowest BCUT2D eigenvalue weighted by molar-refractivity contribution is -0.133. The van der Waals surface area contributed by atoms with Crippen LogP contribution in [0.25, 0.3) is 22.2 Å². The molecule has 0 bridgehead atoms. The van der Waals surface area contributed by atoms with Gasteiger partial charge in [-0.05, 0) is 43.3 Å². The van der Waals surface area contributed by atoms with Gasteiger partial charge in [-0.2, -0.15) is 0 Å². The monoisotopic (exact) mass is 442 g/mol. The summed E-state index contributed by atoms with van der Waals surface area (Å²) in [5, 5.41) is 5.00. The van der Waals surface area contributed by atoms with Crippen molar-refractivity contribution in [3.63, 3.8) is 0 Å². The van der Waals surface area contributed by atoms with Gasteiger partial charge in [-0.3, -0.25) is 14.6 Å². The van der Waals surface area contributed by atoms with E-state index in [1.165, 1.54) is 6.08 Å². The number of hydrogen-bond donors (Lipinski definition) is 1. The predicted octanol–water partition coefficient (Wildman–Crippen LogP) is 3.83. The van der Waals surface area contributed by atoms with Crippen LogP contribution in [-0.4, -0.2) is 45.4 Å². The molecule has 0 unspecified atom stereocenters. The van der Waals surface area contributed by atoms with E-state index in [1.807, 2.05) is 23.6 Å². The first-order valence-corrected chi connectivity index (χ1v) is 10.2. The van der Waals surface area contributed by atoms with Gasteiger partial charge >= 0.3 is 0 Å². The molecule has 1 fully saturated rings. The van der Waals surface area contributed by atoms with E-state index < -0.39 is 0 Å². The topological polar surface area (TPSA) is 67.2 Å². The van der Waals surface area contributed by atoms with Crippen molar-refractivity contribution < 1.29 is 9.59 Å². The van der Waals surface area contributed by atoms with Crippen LogP contribution in [0.5, 0.6) is 0 Å². The molecule has 0 radical (unpaired) electrons. The Bertz CT molecular complexity index is 1170. The maximum Gasteiger partial charge on any atom is 0.246 e. The highest BCUT2D eigenvalue weighted by molar-refractivity contribution is 6.34. The SMILES string of the molecule is C=CC(=O)N1CC(NC(=O)Cn2c(C)c(-c3ncccc3Cl)c3cc(Cl)ccc32)C1. The van der Waals surface area contributed by atoms with Crippen molar-refractivity contribution in [1.82, 2.24) is 19.8 Å². The molecule has 3 heterocycles. The van der Waals surface area contributed by atoms with E-state index in [1.54, 1.807) is 29.3 Å². The fourth-order valence-corrected chi connectivity index (χ4v) is 4.21. The second-order valence-corrected chi connectivity index (χ2v) is 8.10. The van der Waals surface area contributed by atoms with E-state index >= 15 is 0 Å². The van der Waals surface area contributed by atoms with Gasteiger partial charge in [-0.15, -0.1) is 0 Å². The quantitative estimate of drug-likeness (QED) is 0.610. The molecule has 0 atom stereocenters. The Morgan fingerprint density at radius 1 is 1.30 bits per heavy atom. The van der Waals surface area contributed by atoms with Crippen molar-refractivity contribution in [3.8, 4) is 11.3 Å². The van der Waals surface area contributed by atoms with Gasteiger partial charge in [0, 0.05) is 46.5 Å². The number of halogens is 2. The third-order valence-electron chi connectivity index (χ3n) is 5.32. The number of nitrogens with one attached hydrogen (secondary N) is 1. The van der Waals surface area contributed by atoms with Crippen LogP contribution in [0.2, 0.25) is 10.0 Å². The second-order valence-electron chi connectivity index (χ2n) is 7.25. The van der Waals surface area contributed by atoms with Crippen molar-refractivity contribution in [2.75, 3.05) is 13.1 Å². The van der Waals surface area contributed by atoms with Crippen molar-refractivity contribution in [1.29, 1.82) is 0 Å². The molecule has 4 rings (SSSR count). The summed E-state index contributed by atoms with van der Waals surface area (Å²) in [6.07, 6.45) is 2.97. The molecule has 1 aliphatic heterocycles. The zero-order valence-corrected chi connectivity index (χ0v) is 17.9. The number of carbonyl (C=O) groups excluding carboxylic acids is 2. The molecule has 0 aliphatic carbocycles. The summed E-state index contributed by atoms with van der Waals surface area (Å²) in [6, 6.07) is 9.07. The van der Waals surface area contributed by atoms with Crippen LogP contribution in [-0.2, 0) is 16.1 Å². The van der Waals surface area contributed by atoms with Crippen molar-refractivity contribution in [2.24, 2.45) is 0 Å². The molecule has 3 aromatic rings. The van der Waals surface area contributed by atoms with Crippen LogP contribution in [0.4, 0.5) is 0 Å². The third-order valence-corrected chi connectivity index (χ3v) is 5.86. The Labute approximate surface area is 184 Å². The van der Waals surface area contributed by atoms with E-state index in [0.29, 0.717) is 28.8 Å². The zero-order valence-electron chi connectivity index (χ0n) is 16.4. The third kappa shape index (κ3) is 3.68. The lowest BCUT2D eigenvalue weighted by Gasteiger charge is -2.38. The fourth-order valence-electron chi connectivity index (χ4n) is 3.82. The number of pyridine rings is 1. The number of rotatable bonds is 5. The maximum absolute atomic E-state index is 12.7. The van der Waals surface area contributed by atoms with Crippen molar-refractivity contribution in [3.05, 3.63) is 64.9 Å². The van der Waals surface area contributed by atoms with Gasteiger partial charge in [0.15, 0.2) is 0 Å². The number of benzene rings is 1. The minimum Gasteiger partial charge on any atom is -0.348 e. The zero-order chi connectivity index (χ0) is 21.4. The molecule has 8 heteroatoms. The molecule has 0 spiro atoms. The van der Waals surface area contributed by atoms with Crippen LogP contribution in [0, 0.1) is 6.92 Å². The number of amides is 2. The van der Waals surface area contributed by atoms with E-state index in [0.717, 1.165) is 22.2 Å². The second kappa shape index (κ2) is 8.13. The number of carbonyl (C=O) groups is 2. The highest BCUT2D eigenvalue weighted by Crippen LogP contribution is 2.37. The standard InChI is InChI=1S/C22H20Cl2N4O2/c1-3-20(30)27-10-15(11-27)26-19(29)12-28-13(2)21(22-17(24)5-4-8-25-22)16-9-14(23)6-7-18(16)28/h3-9,15H,1,10-12H2,2H3,(H,26,29). The Morgan fingerprint density at radius 3 is 2.77 bits per heavy atom. The van der Waals surface area contributed by atoms with Gasteiger partial charge in [0.2, 0.25) is 11.8 Å². The van der Waals surface area contributed by atoms with Crippen LogP contribution in [0.15, 0.2) is 49.2 Å². The summed E-state index contributed by atoms with van der Waals surface area (Å²) in [4.78, 5) is 30.4. The van der Waals surface area contributed by atoms with Crippen LogP contribution < -0.4 is 5.32 Å². The normalized spacial score (nSPS) is 13.9. The smallest absolute Gasteiger partial charge is 0.246 e. The lowest BCUT2D eigenvalue weighted by Crippen LogP contribution is -2.61. The van der Waals surface area contributed by atoms with E-state index in [4.69, 9.17) is 23.2 Å². The van der Waals surface area contributed by atoms with E-state index in [-0.39, 0.29) is 24.4 Å². The van der Waals surface area contributed by atoms with Crippen LogP contribution in [0.1, 0.15) is 5.69 Å². The summed E-state index contributed by atoms with van der Waals surface area (Å²) >= 11 is 12.7. The largest absolute Gasteiger partial charge is 0.348 e. The highest BCUT2D eigenvalue weighted by atomic mass is 35.5. The fraction of sp³-hybridized carbons (Fsp3) is 0.227. The Hall–Kier alpha value is -2.83. The van der Waals surface area contributed by atoms with Gasteiger partial charge < -0.3 is 14.8 Å². The Kier molecular flexibility index (Phi) is 5.54. The number of aromatic nitrogens is 2. The van der Waals surface area contributed by atoms with Crippen LogP contribution >= 0.6 is 23.2 Å². The first-order valence-electron chi connectivity index (χ1n) is 9.49. The van der Waals surface area contributed by atoms with Crippen molar-refractivity contribution >= 4 is 45.9 Å². The first kappa shape index (κ1) is 20.4. The van der Waals surface area contributed by atoms with Crippen LogP contribution in [0.3, 0.4) is 0 Å². The first-order chi connectivity index (χ1) is 14.4. The molecular weight excluding hydrogens is 423 g/mol. The molecule has 6 nitrogen and oxygen atoms in total. The average Bonchev–Trinajstić information content (AvgIpc) is 2.95.